The molecule has 2 aromatic heterocycles. The molecule has 5 nitrogen and oxygen atoms in total. The lowest BCUT2D eigenvalue weighted by atomic mass is 10.1. The van der Waals surface area contributed by atoms with Gasteiger partial charge < -0.3 is 10.6 Å². The number of nitrogens with zero attached hydrogens (tertiary/aromatic N) is 2. The highest BCUT2D eigenvalue weighted by Crippen LogP contribution is 2.12. The second kappa shape index (κ2) is 7.38. The first-order valence-corrected chi connectivity index (χ1v) is 7.02. The van der Waals surface area contributed by atoms with Crippen molar-refractivity contribution in [3.63, 3.8) is 0 Å². The predicted molar refractivity (Wildman–Crippen MR) is 83.9 cm³/mol. The lowest BCUT2D eigenvalue weighted by molar-refractivity contribution is -0.116. The molecule has 110 valence electrons. The van der Waals surface area contributed by atoms with Crippen LogP contribution < -0.4 is 10.6 Å². The zero-order valence-corrected chi connectivity index (χ0v) is 12.3. The van der Waals surface area contributed by atoms with Crippen molar-refractivity contribution >= 4 is 17.4 Å². The summed E-state index contributed by atoms with van der Waals surface area (Å²) in [6.07, 6.45) is 5.75. The Balaban J connectivity index is 1.86. The monoisotopic (exact) mass is 284 g/mol. The minimum absolute atomic E-state index is 0.00463. The van der Waals surface area contributed by atoms with E-state index < -0.39 is 0 Å². The van der Waals surface area contributed by atoms with E-state index in [0.717, 1.165) is 11.3 Å². The number of amides is 1. The fourth-order valence-corrected chi connectivity index (χ4v) is 1.84. The standard InChI is InChI=1S/C16H20N4O/c1-12(2)9-16(21)20-15-4-3-14(11-19-15)18-10-13-5-7-17-8-6-13/h3-8,11-12,18H,9-10H2,1-2H3,(H,19,20,21). The Morgan fingerprint density at radius 1 is 1.19 bits per heavy atom. The van der Waals surface area contributed by atoms with E-state index in [4.69, 9.17) is 0 Å². The number of aromatic nitrogens is 2. The van der Waals surface area contributed by atoms with Gasteiger partial charge in [0.15, 0.2) is 0 Å². The van der Waals surface area contributed by atoms with Crippen LogP contribution in [-0.4, -0.2) is 15.9 Å². The summed E-state index contributed by atoms with van der Waals surface area (Å²) in [6, 6.07) is 7.62. The second-order valence-electron chi connectivity index (χ2n) is 5.29. The topological polar surface area (TPSA) is 66.9 Å². The van der Waals surface area contributed by atoms with E-state index in [-0.39, 0.29) is 5.91 Å². The summed E-state index contributed by atoms with van der Waals surface area (Å²) in [4.78, 5) is 19.9. The third-order valence-electron chi connectivity index (χ3n) is 2.87. The molecule has 0 saturated carbocycles. The van der Waals surface area contributed by atoms with Gasteiger partial charge in [0.05, 0.1) is 11.9 Å². The summed E-state index contributed by atoms with van der Waals surface area (Å²) in [5.74, 6) is 0.913. The maximum atomic E-state index is 11.6. The van der Waals surface area contributed by atoms with Crippen LogP contribution in [0.5, 0.6) is 0 Å². The van der Waals surface area contributed by atoms with Gasteiger partial charge in [-0.25, -0.2) is 4.98 Å². The molecule has 0 unspecified atom stereocenters. The summed E-state index contributed by atoms with van der Waals surface area (Å²) in [5.41, 5.74) is 2.06. The van der Waals surface area contributed by atoms with Gasteiger partial charge in [0.2, 0.25) is 5.91 Å². The Morgan fingerprint density at radius 3 is 2.57 bits per heavy atom. The van der Waals surface area contributed by atoms with Crippen molar-refractivity contribution in [2.75, 3.05) is 10.6 Å². The van der Waals surface area contributed by atoms with Crippen LogP contribution in [0.1, 0.15) is 25.8 Å². The number of rotatable bonds is 6. The molecular formula is C16H20N4O. The molecule has 0 aliphatic carbocycles. The third kappa shape index (κ3) is 5.22. The molecule has 0 aliphatic heterocycles. The third-order valence-corrected chi connectivity index (χ3v) is 2.87. The quantitative estimate of drug-likeness (QED) is 0.855. The SMILES string of the molecule is CC(C)CC(=O)Nc1ccc(NCc2ccncc2)cn1. The first-order chi connectivity index (χ1) is 10.1. The van der Waals surface area contributed by atoms with Crippen molar-refractivity contribution in [2.45, 2.75) is 26.8 Å². The first-order valence-electron chi connectivity index (χ1n) is 7.02. The van der Waals surface area contributed by atoms with Crippen molar-refractivity contribution in [2.24, 2.45) is 5.92 Å². The molecule has 0 aliphatic rings. The lowest BCUT2D eigenvalue weighted by Gasteiger charge is -2.08. The van der Waals surface area contributed by atoms with E-state index in [1.807, 2.05) is 32.0 Å². The molecule has 1 amide bonds. The highest BCUT2D eigenvalue weighted by Gasteiger charge is 2.05. The van der Waals surface area contributed by atoms with Gasteiger partial charge in [0.25, 0.3) is 0 Å². The van der Waals surface area contributed by atoms with Crippen LogP contribution in [0.3, 0.4) is 0 Å². The van der Waals surface area contributed by atoms with Gasteiger partial charge in [0.1, 0.15) is 5.82 Å². The van der Waals surface area contributed by atoms with Crippen LogP contribution in [0, 0.1) is 5.92 Å². The molecule has 0 fully saturated rings. The molecule has 21 heavy (non-hydrogen) atoms. The highest BCUT2D eigenvalue weighted by molar-refractivity contribution is 5.89. The van der Waals surface area contributed by atoms with Crippen molar-refractivity contribution in [3.05, 3.63) is 48.4 Å². The fraction of sp³-hybridized carbons (Fsp3) is 0.312. The molecule has 0 bridgehead atoms. The Hall–Kier alpha value is -2.43. The van der Waals surface area contributed by atoms with Crippen molar-refractivity contribution in [1.29, 1.82) is 0 Å². The van der Waals surface area contributed by atoms with Gasteiger partial charge in [-0.15, -0.1) is 0 Å². The zero-order valence-electron chi connectivity index (χ0n) is 12.3. The molecule has 0 atom stereocenters. The molecule has 0 saturated heterocycles. The molecule has 2 N–H and O–H groups in total. The number of hydrogen-bond acceptors (Lipinski definition) is 4. The highest BCUT2D eigenvalue weighted by atomic mass is 16.1. The predicted octanol–water partition coefficient (Wildman–Crippen LogP) is 3.07. The Bertz CT molecular complexity index is 567. The maximum Gasteiger partial charge on any atom is 0.225 e. The average molecular weight is 284 g/mol. The minimum Gasteiger partial charge on any atom is -0.380 e. The largest absolute Gasteiger partial charge is 0.380 e. The Labute approximate surface area is 124 Å². The molecule has 2 aromatic rings. The number of anilines is 2. The van der Waals surface area contributed by atoms with Crippen LogP contribution in [0.2, 0.25) is 0 Å². The summed E-state index contributed by atoms with van der Waals surface area (Å²) in [6.45, 7) is 4.74. The summed E-state index contributed by atoms with van der Waals surface area (Å²) >= 11 is 0. The first kappa shape index (κ1) is 15.0. The van der Waals surface area contributed by atoms with Crippen molar-refractivity contribution in [1.82, 2.24) is 9.97 Å². The van der Waals surface area contributed by atoms with E-state index in [1.165, 1.54) is 0 Å². The summed E-state index contributed by atoms with van der Waals surface area (Å²) < 4.78 is 0. The molecule has 0 aromatic carbocycles. The number of pyridine rings is 2. The smallest absolute Gasteiger partial charge is 0.225 e. The van der Waals surface area contributed by atoms with Crippen LogP contribution in [-0.2, 0) is 11.3 Å². The molecule has 5 heteroatoms. The summed E-state index contributed by atoms with van der Waals surface area (Å²) in [7, 11) is 0. The van der Waals surface area contributed by atoms with Crippen molar-refractivity contribution < 1.29 is 4.79 Å². The number of nitrogens with one attached hydrogen (secondary N) is 2. The van der Waals surface area contributed by atoms with Gasteiger partial charge in [-0.05, 0) is 35.7 Å². The van der Waals surface area contributed by atoms with Crippen LogP contribution >= 0.6 is 0 Å². The number of carbonyl (C=O) groups is 1. The minimum atomic E-state index is -0.00463. The molecule has 0 spiro atoms. The second-order valence-corrected chi connectivity index (χ2v) is 5.29. The lowest BCUT2D eigenvalue weighted by Crippen LogP contribution is -2.14. The molecule has 0 radical (unpaired) electrons. The van der Waals surface area contributed by atoms with Gasteiger partial charge in [-0.2, -0.15) is 0 Å². The Kier molecular flexibility index (Phi) is 5.26. The van der Waals surface area contributed by atoms with E-state index >= 15 is 0 Å². The summed E-state index contributed by atoms with van der Waals surface area (Å²) in [5, 5.41) is 6.06. The number of hydrogen-bond donors (Lipinski definition) is 2. The average Bonchev–Trinajstić information content (AvgIpc) is 2.47. The van der Waals surface area contributed by atoms with Gasteiger partial charge in [0, 0.05) is 25.4 Å². The van der Waals surface area contributed by atoms with Gasteiger partial charge >= 0.3 is 0 Å². The zero-order chi connectivity index (χ0) is 15.1. The van der Waals surface area contributed by atoms with Crippen LogP contribution in [0.25, 0.3) is 0 Å². The van der Waals surface area contributed by atoms with E-state index in [9.17, 15) is 4.79 Å². The molecule has 2 heterocycles. The number of carbonyl (C=O) groups excluding carboxylic acids is 1. The molecule has 2 rings (SSSR count). The fourth-order valence-electron chi connectivity index (χ4n) is 1.84. The normalized spacial score (nSPS) is 10.4. The Morgan fingerprint density at radius 2 is 1.95 bits per heavy atom. The van der Waals surface area contributed by atoms with Crippen molar-refractivity contribution in [3.8, 4) is 0 Å². The van der Waals surface area contributed by atoms with Gasteiger partial charge in [-0.1, -0.05) is 13.8 Å². The van der Waals surface area contributed by atoms with Crippen LogP contribution in [0.15, 0.2) is 42.9 Å². The van der Waals surface area contributed by atoms with E-state index in [2.05, 4.69) is 20.6 Å². The maximum absolute atomic E-state index is 11.6. The van der Waals surface area contributed by atoms with Gasteiger partial charge in [-0.3, -0.25) is 9.78 Å². The van der Waals surface area contributed by atoms with E-state index in [0.29, 0.717) is 24.7 Å². The van der Waals surface area contributed by atoms with E-state index in [1.54, 1.807) is 24.7 Å². The molecular weight excluding hydrogens is 264 g/mol. The van der Waals surface area contributed by atoms with Crippen LogP contribution in [0.4, 0.5) is 11.5 Å².